The van der Waals surface area contributed by atoms with Gasteiger partial charge in [0.25, 0.3) is 0 Å². The van der Waals surface area contributed by atoms with Crippen molar-refractivity contribution < 1.29 is 18.6 Å². The Balaban J connectivity index is 0.00000363. The Kier molecular flexibility index (Phi) is 11.7. The molecule has 32 heavy (non-hydrogen) atoms. The van der Waals surface area contributed by atoms with Crippen molar-refractivity contribution in [1.82, 2.24) is 15.2 Å². The summed E-state index contributed by atoms with van der Waals surface area (Å²) in [5.41, 5.74) is 1.02. The van der Waals surface area contributed by atoms with Crippen LogP contribution in [0.3, 0.4) is 0 Å². The Morgan fingerprint density at radius 3 is 2.62 bits per heavy atom. The number of likely N-dealkylation sites (tertiary alicyclic amines) is 1. The third kappa shape index (κ3) is 8.51. The maximum atomic E-state index is 13.1. The summed E-state index contributed by atoms with van der Waals surface area (Å²) in [6, 6.07) is 9.67. The fourth-order valence-electron chi connectivity index (χ4n) is 3.44. The fraction of sp³-hybridized carbons (Fsp3) is 0.478. The second-order valence-electron chi connectivity index (χ2n) is 7.36. The second kappa shape index (κ2) is 14.2. The molecule has 0 radical (unpaired) electrons. The SMILES string of the molecule is CN=C(NCc1ccnc(Oc2ccc(F)cc2)c1)N1CCC(OCCCOC)CC1.I. The Morgan fingerprint density at radius 2 is 1.94 bits per heavy atom. The van der Waals surface area contributed by atoms with E-state index in [4.69, 9.17) is 14.2 Å². The molecular weight excluding hydrogens is 526 g/mol. The highest BCUT2D eigenvalue weighted by Gasteiger charge is 2.21. The van der Waals surface area contributed by atoms with Crippen molar-refractivity contribution in [2.24, 2.45) is 4.99 Å². The third-order valence-electron chi connectivity index (χ3n) is 5.09. The maximum Gasteiger partial charge on any atom is 0.219 e. The van der Waals surface area contributed by atoms with E-state index in [1.165, 1.54) is 12.1 Å². The van der Waals surface area contributed by atoms with Crippen LogP contribution in [0, 0.1) is 5.82 Å². The molecule has 0 amide bonds. The van der Waals surface area contributed by atoms with Gasteiger partial charge in [-0.05, 0) is 55.2 Å². The predicted molar refractivity (Wildman–Crippen MR) is 133 cm³/mol. The van der Waals surface area contributed by atoms with Crippen LogP contribution >= 0.6 is 24.0 Å². The third-order valence-corrected chi connectivity index (χ3v) is 5.09. The zero-order valence-electron chi connectivity index (χ0n) is 18.6. The lowest BCUT2D eigenvalue weighted by atomic mass is 10.1. The molecule has 0 spiro atoms. The minimum atomic E-state index is -0.300. The van der Waals surface area contributed by atoms with Gasteiger partial charge in [0.2, 0.25) is 5.88 Å². The minimum absolute atomic E-state index is 0. The van der Waals surface area contributed by atoms with Crippen LogP contribution in [-0.4, -0.2) is 62.4 Å². The highest BCUT2D eigenvalue weighted by molar-refractivity contribution is 14.0. The van der Waals surface area contributed by atoms with Gasteiger partial charge in [0.1, 0.15) is 11.6 Å². The van der Waals surface area contributed by atoms with Gasteiger partial charge in [-0.3, -0.25) is 4.99 Å². The van der Waals surface area contributed by atoms with Crippen LogP contribution in [0.1, 0.15) is 24.8 Å². The standard InChI is InChI=1S/C23H31FN4O3.HI/c1-25-23(28-12-9-20(10-13-28)30-15-3-14-29-2)27-17-18-8-11-26-22(16-18)31-21-6-4-19(24)5-7-21;/h4-8,11,16,20H,3,9-10,12-15,17H2,1-2H3,(H,25,27);1H. The zero-order valence-corrected chi connectivity index (χ0v) is 21.0. The molecule has 9 heteroatoms. The van der Waals surface area contributed by atoms with Crippen LogP contribution in [0.15, 0.2) is 47.6 Å². The van der Waals surface area contributed by atoms with Gasteiger partial charge in [0, 0.05) is 59.3 Å². The number of benzene rings is 1. The van der Waals surface area contributed by atoms with E-state index in [0.717, 1.165) is 57.1 Å². The average Bonchev–Trinajstić information content (AvgIpc) is 2.80. The van der Waals surface area contributed by atoms with E-state index in [9.17, 15) is 4.39 Å². The van der Waals surface area contributed by atoms with E-state index in [1.54, 1.807) is 32.5 Å². The molecule has 0 unspecified atom stereocenters. The molecule has 1 aliphatic rings. The van der Waals surface area contributed by atoms with E-state index < -0.39 is 0 Å². The number of aliphatic imine (C=N–C) groups is 1. The monoisotopic (exact) mass is 558 g/mol. The molecule has 1 aromatic heterocycles. The molecular formula is C23H32FIN4O3. The number of methoxy groups -OCH3 is 1. The lowest BCUT2D eigenvalue weighted by Gasteiger charge is -2.34. The summed E-state index contributed by atoms with van der Waals surface area (Å²) < 4.78 is 29.8. The first-order chi connectivity index (χ1) is 15.2. The summed E-state index contributed by atoms with van der Waals surface area (Å²) in [7, 11) is 3.51. The van der Waals surface area contributed by atoms with Gasteiger partial charge >= 0.3 is 0 Å². The Labute approximate surface area is 206 Å². The molecule has 2 aromatic rings. The van der Waals surface area contributed by atoms with E-state index in [2.05, 4.69) is 20.2 Å². The fourth-order valence-corrected chi connectivity index (χ4v) is 3.44. The van der Waals surface area contributed by atoms with Crippen molar-refractivity contribution in [3.8, 4) is 11.6 Å². The number of ether oxygens (including phenoxy) is 3. The number of pyridine rings is 1. The van der Waals surface area contributed by atoms with Crippen molar-refractivity contribution in [3.05, 3.63) is 54.0 Å². The van der Waals surface area contributed by atoms with Crippen molar-refractivity contribution >= 4 is 29.9 Å². The summed E-state index contributed by atoms with van der Waals surface area (Å²) in [4.78, 5) is 10.9. The van der Waals surface area contributed by atoms with E-state index in [1.807, 2.05) is 12.1 Å². The number of rotatable bonds is 9. The Morgan fingerprint density at radius 1 is 1.19 bits per heavy atom. The Bertz CT molecular complexity index is 830. The van der Waals surface area contributed by atoms with Crippen LogP contribution in [0.25, 0.3) is 0 Å². The van der Waals surface area contributed by atoms with Crippen LogP contribution in [0.4, 0.5) is 4.39 Å². The van der Waals surface area contributed by atoms with Crippen LogP contribution < -0.4 is 10.1 Å². The number of halogens is 2. The van der Waals surface area contributed by atoms with Crippen LogP contribution in [-0.2, 0) is 16.0 Å². The molecule has 7 nitrogen and oxygen atoms in total. The number of guanidine groups is 1. The minimum Gasteiger partial charge on any atom is -0.439 e. The van der Waals surface area contributed by atoms with Gasteiger partial charge in [-0.15, -0.1) is 24.0 Å². The number of hydrogen-bond acceptors (Lipinski definition) is 5. The topological polar surface area (TPSA) is 68.2 Å². The summed E-state index contributed by atoms with van der Waals surface area (Å²) >= 11 is 0. The van der Waals surface area contributed by atoms with E-state index in [-0.39, 0.29) is 29.8 Å². The largest absolute Gasteiger partial charge is 0.439 e. The lowest BCUT2D eigenvalue weighted by Crippen LogP contribution is -2.46. The number of piperidine rings is 1. The van der Waals surface area contributed by atoms with E-state index in [0.29, 0.717) is 24.3 Å². The predicted octanol–water partition coefficient (Wildman–Crippen LogP) is 4.22. The Hall–Kier alpha value is -1.98. The molecule has 1 N–H and O–H groups in total. The molecule has 2 heterocycles. The smallest absolute Gasteiger partial charge is 0.219 e. The lowest BCUT2D eigenvalue weighted by molar-refractivity contribution is 0.00989. The number of aromatic nitrogens is 1. The van der Waals surface area contributed by atoms with E-state index >= 15 is 0 Å². The average molecular weight is 558 g/mol. The zero-order chi connectivity index (χ0) is 21.9. The normalized spacial score (nSPS) is 14.7. The van der Waals surface area contributed by atoms with Crippen molar-refractivity contribution in [1.29, 1.82) is 0 Å². The first-order valence-electron chi connectivity index (χ1n) is 10.6. The maximum absolute atomic E-state index is 13.1. The highest BCUT2D eigenvalue weighted by Crippen LogP contribution is 2.20. The first-order valence-corrected chi connectivity index (χ1v) is 10.6. The van der Waals surface area contributed by atoms with Gasteiger partial charge in [-0.2, -0.15) is 0 Å². The molecule has 1 aromatic carbocycles. The quantitative estimate of drug-likeness (QED) is 0.215. The van der Waals surface area contributed by atoms with Gasteiger partial charge in [0.05, 0.1) is 6.10 Å². The highest BCUT2D eigenvalue weighted by atomic mass is 127. The van der Waals surface area contributed by atoms with Crippen LogP contribution in [0.2, 0.25) is 0 Å². The number of nitrogens with zero attached hydrogens (tertiary/aromatic N) is 3. The van der Waals surface area contributed by atoms with Gasteiger partial charge < -0.3 is 24.4 Å². The summed E-state index contributed by atoms with van der Waals surface area (Å²) in [6.07, 6.45) is 4.90. The molecule has 0 atom stereocenters. The number of hydrogen-bond donors (Lipinski definition) is 1. The van der Waals surface area contributed by atoms with Crippen molar-refractivity contribution in [2.75, 3.05) is 40.5 Å². The molecule has 1 aliphatic heterocycles. The van der Waals surface area contributed by atoms with Gasteiger partial charge in [-0.1, -0.05) is 0 Å². The molecule has 176 valence electrons. The summed E-state index contributed by atoms with van der Waals surface area (Å²) in [6.45, 7) is 3.90. The number of nitrogens with one attached hydrogen (secondary N) is 1. The van der Waals surface area contributed by atoms with Crippen molar-refractivity contribution in [3.63, 3.8) is 0 Å². The summed E-state index contributed by atoms with van der Waals surface area (Å²) in [5, 5.41) is 3.41. The van der Waals surface area contributed by atoms with Gasteiger partial charge in [-0.25, -0.2) is 9.37 Å². The first kappa shape index (κ1) is 26.3. The molecule has 0 aliphatic carbocycles. The molecule has 1 fully saturated rings. The molecule has 0 saturated carbocycles. The second-order valence-corrected chi connectivity index (χ2v) is 7.36. The van der Waals surface area contributed by atoms with Crippen LogP contribution in [0.5, 0.6) is 11.6 Å². The molecule has 3 rings (SSSR count). The summed E-state index contributed by atoms with van der Waals surface area (Å²) in [5.74, 6) is 1.58. The molecule has 1 saturated heterocycles. The van der Waals surface area contributed by atoms with Gasteiger partial charge in [0.15, 0.2) is 5.96 Å². The van der Waals surface area contributed by atoms with Crippen molar-refractivity contribution in [2.45, 2.75) is 31.9 Å². The molecule has 0 bridgehead atoms.